The highest BCUT2D eigenvalue weighted by atomic mass is 16.6. The number of methoxy groups -OCH3 is 4. The van der Waals surface area contributed by atoms with E-state index in [9.17, 15) is 53.1 Å². The lowest BCUT2D eigenvalue weighted by molar-refractivity contribution is -0.163. The number of ether oxygens (including phenoxy) is 9. The largest absolute Gasteiger partial charge is 0.493 e. The number of hydrogen-bond acceptors (Lipinski definition) is 19. The smallest absolute Gasteiger partial charge is 0.341 e. The number of rotatable bonds is 38. The number of nitrogens with zero attached hydrogens (tertiary/aromatic N) is 3. The van der Waals surface area contributed by atoms with Gasteiger partial charge >= 0.3 is 17.9 Å². The molecule has 6 amide bonds. The van der Waals surface area contributed by atoms with Crippen molar-refractivity contribution in [2.45, 2.75) is 221 Å². The molecule has 0 aromatic heterocycles. The minimum atomic E-state index is -1.10. The van der Waals surface area contributed by atoms with E-state index < -0.39 is 96.9 Å². The average molecular weight is 1690 g/mol. The molecule has 7 atom stereocenters. The molecule has 4 aliphatic rings. The Balaban J connectivity index is 0.000000307. The molecule has 4 heterocycles. The first-order valence-electron chi connectivity index (χ1n) is 42.4. The van der Waals surface area contributed by atoms with Crippen molar-refractivity contribution in [3.05, 3.63) is 218 Å². The maximum absolute atomic E-state index is 14.5. The van der Waals surface area contributed by atoms with Crippen LogP contribution in [0.3, 0.4) is 0 Å². The van der Waals surface area contributed by atoms with Gasteiger partial charge in [-0.1, -0.05) is 125 Å². The third kappa shape index (κ3) is 24.0. The van der Waals surface area contributed by atoms with Gasteiger partial charge in [0, 0.05) is 42.9 Å². The van der Waals surface area contributed by atoms with Gasteiger partial charge in [0.05, 0.1) is 51.4 Å². The first kappa shape index (κ1) is 94.8. The molecule has 4 aliphatic heterocycles. The van der Waals surface area contributed by atoms with Crippen LogP contribution in [0.4, 0.5) is 0 Å². The number of unbranched alkanes of at least 4 members (excludes halogenated alkanes) is 2. The normalized spacial score (nSPS) is 16.5. The second-order valence-corrected chi connectivity index (χ2v) is 31.8. The summed E-state index contributed by atoms with van der Waals surface area (Å²) in [6.45, 7) is 19.8. The Morgan fingerprint density at radius 1 is 0.520 bits per heavy atom. The fourth-order valence-corrected chi connectivity index (χ4v) is 16.5. The number of aryl methyl sites for hydroxylation is 8. The summed E-state index contributed by atoms with van der Waals surface area (Å²) in [6, 6.07) is 36.5. The van der Waals surface area contributed by atoms with Crippen LogP contribution in [0, 0.1) is 41.5 Å². The molecule has 3 N–H and O–H groups in total. The Kier molecular flexibility index (Phi) is 34.9. The van der Waals surface area contributed by atoms with Crippen LogP contribution in [0.25, 0.3) is 0 Å². The highest BCUT2D eigenvalue weighted by Gasteiger charge is 2.46. The molecule has 0 saturated carbocycles. The summed E-state index contributed by atoms with van der Waals surface area (Å²) in [4.78, 5) is 138. The van der Waals surface area contributed by atoms with Crippen LogP contribution in [0.5, 0.6) is 40.2 Å². The van der Waals surface area contributed by atoms with Gasteiger partial charge in [-0.15, -0.1) is 0 Å². The number of allylic oxidation sites excluding steroid dienone is 1. The number of benzene rings is 7. The lowest BCUT2D eigenvalue weighted by atomic mass is 9.91. The van der Waals surface area contributed by atoms with Crippen LogP contribution in [0.15, 0.2) is 140 Å². The van der Waals surface area contributed by atoms with Gasteiger partial charge in [-0.3, -0.25) is 38.5 Å². The molecule has 3 saturated heterocycles. The topological polar surface area (TPSA) is 308 Å². The quantitative estimate of drug-likeness (QED) is 0.0184. The van der Waals surface area contributed by atoms with E-state index in [-0.39, 0.29) is 61.3 Å². The van der Waals surface area contributed by atoms with Crippen LogP contribution < -0.4 is 43.8 Å². The molecule has 7 aromatic rings. The number of carbonyl (C=O) groups excluding carboxylic acids is 9. The molecule has 25 heteroatoms. The van der Waals surface area contributed by atoms with Gasteiger partial charge < -0.3 is 68.2 Å². The third-order valence-corrected chi connectivity index (χ3v) is 23.4. The molecule has 25 nitrogen and oxygen atoms in total. The molecule has 0 aliphatic carbocycles. The summed E-state index contributed by atoms with van der Waals surface area (Å²) in [5, 5.41) is 14.7. The number of carboxylic acid groups (broad SMARTS) is 1. The maximum Gasteiger partial charge on any atom is 0.341 e. The van der Waals surface area contributed by atoms with Gasteiger partial charge in [-0.25, -0.2) is 14.4 Å². The molecule has 1 unspecified atom stereocenters. The summed E-state index contributed by atoms with van der Waals surface area (Å²) in [6.07, 6.45) is 8.50. The van der Waals surface area contributed by atoms with E-state index in [1.807, 2.05) is 76.2 Å². The second kappa shape index (κ2) is 45.2. The average Bonchev–Trinajstić information content (AvgIpc) is 1.55. The van der Waals surface area contributed by atoms with Crippen molar-refractivity contribution in [2.75, 3.05) is 67.9 Å². The summed E-state index contributed by atoms with van der Waals surface area (Å²) in [5.41, 5.74) is 12.1. The standard InChI is InChI=1S/C59H70N4O12.C38H47NO8.CH4/c1-8-43(41-32-38(4)54(72-7)51(33-41)71-6)56(67)62-30-15-13-20-47(62)59(70)75-49(28-26-40-25-23-36(2)37(3)31-40)44-18-11-12-21-48(44)73-34-42(64)17-10-9-14-29-60-52(65)35-74-50-22-16-19-45-53(50)58(69)63(57(45)68)46-27-24-39(5)61-55(46)66;1-7-29(28-21-26(4)36(45-6)34(22-28)44-5)37(42)39-19-11-10-13-31(39)38(43)47-33(18-17-27-16-15-24(2)25(3)20-27)30-12-8-9-14-32(30)46-23-35(40)41;/h11-12,16,18-19,21-23,25,31-33,43,46-47,49H,5,8-10,13-15,17,20,24,26-30,34-35H2,1-4,6-7H3,(H,60,65)(H,61,66);8-9,12,14-16,20-22,29,31,33H,7,10-11,13,17-19,23H2,1-6H3,(H,40,41);1H4/t43-,46?,47-,49+;29-,31-,33+;/m00./s1. The van der Waals surface area contributed by atoms with Crippen molar-refractivity contribution in [1.29, 1.82) is 0 Å². The SMILES string of the molecule is C.C=C1CCC(N2C(=O)c3cccc(OCC(=O)NCCCCCC(=O)COc4ccccc4[C@@H](CCc4ccc(C)c(C)c4)OC(=O)[C@@H]4CCCCN4C(=O)[C@@H](CC)c4cc(C)c(OC)c(OC)c4)c3C2=O)C(=O)N1.CC[C@H](C(=O)N1CCCC[C@H]1C(=O)O[C@H](CCc1ccc(C)c(C)c1)c1ccccc1OCC(=O)O)c1cc(C)c(OC)c(OC)c1. The van der Waals surface area contributed by atoms with E-state index >= 15 is 0 Å². The van der Waals surface area contributed by atoms with Crippen LogP contribution in [-0.2, 0) is 60.7 Å². The number of aliphatic carboxylic acids is 1. The van der Waals surface area contributed by atoms with E-state index in [1.54, 1.807) is 68.6 Å². The van der Waals surface area contributed by atoms with Crippen LogP contribution in [-0.4, -0.2) is 165 Å². The fourth-order valence-electron chi connectivity index (χ4n) is 16.5. The van der Waals surface area contributed by atoms with Gasteiger partial charge in [0.15, 0.2) is 42.0 Å². The van der Waals surface area contributed by atoms with Crippen LogP contribution in [0.1, 0.15) is 236 Å². The first-order valence-corrected chi connectivity index (χ1v) is 42.4. The number of ketones is 1. The fraction of sp³-hybridized carbons (Fsp3) is 0.449. The van der Waals surface area contributed by atoms with Crippen molar-refractivity contribution < 1.29 is 95.7 Å². The first-order chi connectivity index (χ1) is 58.7. The monoisotopic (exact) mass is 1690 g/mol. The number of imide groups is 1. The highest BCUT2D eigenvalue weighted by molar-refractivity contribution is 6.24. The molecule has 123 heavy (non-hydrogen) atoms. The summed E-state index contributed by atoms with van der Waals surface area (Å²) in [7, 11) is 6.31. The number of esters is 2. The number of fused-ring (bicyclic) bond motifs is 1. The Bertz CT molecular complexity index is 4960. The molecule has 3 fully saturated rings. The Morgan fingerprint density at radius 3 is 1.48 bits per heavy atom. The number of amides is 6. The molecule has 7 aromatic carbocycles. The minimum absolute atomic E-state index is 0. The molecular weight excluding hydrogens is 1570 g/mol. The van der Waals surface area contributed by atoms with Crippen molar-refractivity contribution in [3.8, 4) is 40.2 Å². The number of carboxylic acids is 1. The number of para-hydroxylation sites is 2. The van der Waals surface area contributed by atoms with Crippen LogP contribution >= 0.6 is 0 Å². The highest BCUT2D eigenvalue weighted by Crippen LogP contribution is 2.42. The molecule has 658 valence electrons. The zero-order chi connectivity index (χ0) is 87.8. The second-order valence-electron chi connectivity index (χ2n) is 31.8. The van der Waals surface area contributed by atoms with E-state index in [0.29, 0.717) is 148 Å². The molecule has 0 spiro atoms. The van der Waals surface area contributed by atoms with Crippen molar-refractivity contribution >= 4 is 59.1 Å². The van der Waals surface area contributed by atoms with Gasteiger partial charge in [0.1, 0.15) is 54.2 Å². The predicted molar refractivity (Wildman–Crippen MR) is 467 cm³/mol. The van der Waals surface area contributed by atoms with Crippen molar-refractivity contribution in [1.82, 2.24) is 25.3 Å². The predicted octanol–water partition coefficient (Wildman–Crippen LogP) is 16.0. The number of carbonyl (C=O) groups is 10. The zero-order valence-corrected chi connectivity index (χ0v) is 72.4. The lowest BCUT2D eigenvalue weighted by Gasteiger charge is -2.37. The Labute approximate surface area is 722 Å². The number of piperidine rings is 3. The Morgan fingerprint density at radius 2 is 1.01 bits per heavy atom. The van der Waals surface area contributed by atoms with E-state index in [4.69, 9.17) is 42.6 Å². The number of Topliss-reactive ketones (excluding diaryl/α,β-unsaturated/α-hetero) is 1. The third-order valence-electron chi connectivity index (χ3n) is 23.4. The maximum atomic E-state index is 14.5. The van der Waals surface area contributed by atoms with E-state index in [2.05, 4.69) is 81.3 Å². The van der Waals surface area contributed by atoms with Gasteiger partial charge in [-0.2, -0.15) is 0 Å². The summed E-state index contributed by atoms with van der Waals surface area (Å²) in [5.74, 6) is -2.43. The number of nitrogens with one attached hydrogen (secondary N) is 2. The lowest BCUT2D eigenvalue weighted by Crippen LogP contribution is -2.51. The van der Waals surface area contributed by atoms with Gasteiger partial charge in [0.2, 0.25) is 17.7 Å². The van der Waals surface area contributed by atoms with E-state index in [1.165, 1.54) is 28.8 Å². The summed E-state index contributed by atoms with van der Waals surface area (Å²) >= 11 is 0. The van der Waals surface area contributed by atoms with Gasteiger partial charge in [0.25, 0.3) is 17.7 Å². The molecule has 11 rings (SSSR count). The Hall–Kier alpha value is -12.0. The zero-order valence-electron chi connectivity index (χ0n) is 72.4. The van der Waals surface area contributed by atoms with Crippen molar-refractivity contribution in [2.24, 2.45) is 0 Å². The molecular formula is C98H121N5O20. The minimum Gasteiger partial charge on any atom is -0.493 e. The molecule has 0 radical (unpaired) electrons. The van der Waals surface area contributed by atoms with Gasteiger partial charge in [-0.05, 0) is 236 Å². The van der Waals surface area contributed by atoms with Crippen molar-refractivity contribution in [3.63, 3.8) is 0 Å². The molecule has 0 bridgehead atoms. The summed E-state index contributed by atoms with van der Waals surface area (Å²) < 4.78 is 52.6. The van der Waals surface area contributed by atoms with E-state index in [0.717, 1.165) is 69.5 Å². The van der Waals surface area contributed by atoms with Crippen LogP contribution in [0.2, 0.25) is 0 Å². The number of likely N-dealkylation sites (tertiary alicyclic amines) is 2. The number of hydrogen-bond donors (Lipinski definition) is 3.